The largest absolute Gasteiger partial charge is 0.491 e. The Morgan fingerprint density at radius 2 is 1.95 bits per heavy atom. The summed E-state index contributed by atoms with van der Waals surface area (Å²) in [5.41, 5.74) is 3.45. The number of anilines is 1. The molecule has 0 aliphatic heterocycles. The van der Waals surface area contributed by atoms with Gasteiger partial charge in [-0.2, -0.15) is 5.10 Å². The highest BCUT2D eigenvalue weighted by atomic mass is 16.5. The molecule has 0 fully saturated rings. The van der Waals surface area contributed by atoms with Crippen LogP contribution in [0.2, 0.25) is 0 Å². The lowest BCUT2D eigenvalue weighted by atomic mass is 10.2. The molecular weight excluding hydrogens is 266 g/mol. The van der Waals surface area contributed by atoms with Gasteiger partial charge in [0.15, 0.2) is 0 Å². The minimum atomic E-state index is 0.568. The molecule has 5 nitrogen and oxygen atoms in total. The number of rotatable bonds is 8. The topological polar surface area (TPSA) is 48.3 Å². The normalized spacial score (nSPS) is 10.6. The fraction of sp³-hybridized carbons (Fsp3) is 0.438. The summed E-state index contributed by atoms with van der Waals surface area (Å²) in [4.78, 5) is 0. The van der Waals surface area contributed by atoms with Crippen molar-refractivity contribution in [3.8, 4) is 5.75 Å². The Bertz CT molecular complexity index is 549. The number of hydrogen-bond donors (Lipinski definition) is 1. The summed E-state index contributed by atoms with van der Waals surface area (Å²) in [7, 11) is 3.62. The highest BCUT2D eigenvalue weighted by Crippen LogP contribution is 2.17. The second kappa shape index (κ2) is 7.69. The van der Waals surface area contributed by atoms with Crippen LogP contribution in [0.3, 0.4) is 0 Å². The van der Waals surface area contributed by atoms with Crippen molar-refractivity contribution in [2.75, 3.05) is 25.6 Å². The third-order valence-electron chi connectivity index (χ3n) is 3.22. The molecule has 0 spiro atoms. The lowest BCUT2D eigenvalue weighted by molar-refractivity contribution is 0.146. The van der Waals surface area contributed by atoms with E-state index >= 15 is 0 Å². The molecule has 0 bridgehead atoms. The molecule has 0 aliphatic carbocycles. The van der Waals surface area contributed by atoms with Gasteiger partial charge in [0.1, 0.15) is 12.4 Å². The molecule has 1 aromatic heterocycles. The molecule has 2 aromatic rings. The van der Waals surface area contributed by atoms with Crippen LogP contribution in [0.25, 0.3) is 0 Å². The molecule has 0 saturated carbocycles. The molecule has 0 atom stereocenters. The average Bonchev–Trinajstić information content (AvgIpc) is 2.87. The molecule has 0 unspecified atom stereocenters. The number of hydrogen-bond acceptors (Lipinski definition) is 4. The summed E-state index contributed by atoms with van der Waals surface area (Å²) in [6, 6.07) is 7.96. The van der Waals surface area contributed by atoms with E-state index in [0.29, 0.717) is 13.2 Å². The van der Waals surface area contributed by atoms with Crippen LogP contribution in [-0.4, -0.2) is 30.1 Å². The maximum atomic E-state index is 5.54. The summed E-state index contributed by atoms with van der Waals surface area (Å²) in [6.07, 6.45) is 3.01. The zero-order valence-electron chi connectivity index (χ0n) is 12.9. The van der Waals surface area contributed by atoms with Crippen molar-refractivity contribution in [1.82, 2.24) is 9.78 Å². The minimum Gasteiger partial charge on any atom is -0.491 e. The Morgan fingerprint density at radius 1 is 1.19 bits per heavy atom. The van der Waals surface area contributed by atoms with E-state index in [9.17, 15) is 0 Å². The highest BCUT2D eigenvalue weighted by Gasteiger charge is 2.05. The number of methoxy groups -OCH3 is 1. The van der Waals surface area contributed by atoms with Gasteiger partial charge >= 0.3 is 0 Å². The fourth-order valence-corrected chi connectivity index (χ4v) is 2.14. The number of nitrogens with zero attached hydrogens (tertiary/aromatic N) is 2. The molecule has 0 amide bonds. The highest BCUT2D eigenvalue weighted by molar-refractivity contribution is 5.46. The molecule has 0 radical (unpaired) electrons. The van der Waals surface area contributed by atoms with Gasteiger partial charge in [-0.05, 0) is 30.7 Å². The molecular formula is C16H23N3O2. The van der Waals surface area contributed by atoms with Crippen LogP contribution in [0, 0.1) is 0 Å². The lowest BCUT2D eigenvalue weighted by Crippen LogP contribution is -2.04. The maximum Gasteiger partial charge on any atom is 0.119 e. The smallest absolute Gasteiger partial charge is 0.119 e. The van der Waals surface area contributed by atoms with E-state index in [4.69, 9.17) is 9.47 Å². The van der Waals surface area contributed by atoms with Crippen molar-refractivity contribution < 1.29 is 9.47 Å². The first-order valence-electron chi connectivity index (χ1n) is 7.20. The Balaban J connectivity index is 1.88. The lowest BCUT2D eigenvalue weighted by Gasteiger charge is -2.08. The molecule has 0 saturated heterocycles. The van der Waals surface area contributed by atoms with Crippen molar-refractivity contribution in [2.24, 2.45) is 7.05 Å². The van der Waals surface area contributed by atoms with E-state index in [-0.39, 0.29) is 0 Å². The minimum absolute atomic E-state index is 0.568. The third kappa shape index (κ3) is 4.49. The van der Waals surface area contributed by atoms with Gasteiger partial charge in [0, 0.05) is 38.1 Å². The summed E-state index contributed by atoms with van der Waals surface area (Å²) in [5, 5.41) is 7.85. The van der Waals surface area contributed by atoms with Crippen molar-refractivity contribution in [1.29, 1.82) is 0 Å². The number of benzene rings is 1. The second-order valence-corrected chi connectivity index (χ2v) is 4.85. The van der Waals surface area contributed by atoms with Crippen LogP contribution in [0.5, 0.6) is 5.75 Å². The van der Waals surface area contributed by atoms with Gasteiger partial charge < -0.3 is 14.8 Å². The number of aryl methyl sites for hydroxylation is 2. The van der Waals surface area contributed by atoms with Crippen molar-refractivity contribution in [3.05, 3.63) is 41.7 Å². The van der Waals surface area contributed by atoms with Gasteiger partial charge in [0.2, 0.25) is 0 Å². The van der Waals surface area contributed by atoms with E-state index < -0.39 is 0 Å². The molecule has 1 heterocycles. The molecule has 1 N–H and O–H groups in total. The zero-order chi connectivity index (χ0) is 15.1. The maximum absolute atomic E-state index is 5.54. The molecule has 2 rings (SSSR count). The summed E-state index contributed by atoms with van der Waals surface area (Å²) in [6.45, 7) is 4.07. The number of ether oxygens (including phenoxy) is 2. The summed E-state index contributed by atoms with van der Waals surface area (Å²) >= 11 is 0. The predicted molar refractivity (Wildman–Crippen MR) is 83.7 cm³/mol. The van der Waals surface area contributed by atoms with E-state index in [1.165, 1.54) is 5.56 Å². The first-order valence-corrected chi connectivity index (χ1v) is 7.20. The van der Waals surface area contributed by atoms with Gasteiger partial charge in [-0.15, -0.1) is 0 Å². The molecule has 5 heteroatoms. The molecule has 114 valence electrons. The van der Waals surface area contributed by atoms with E-state index in [2.05, 4.69) is 23.5 Å². The molecule has 1 aromatic carbocycles. The van der Waals surface area contributed by atoms with Gasteiger partial charge in [0.25, 0.3) is 0 Å². The Morgan fingerprint density at radius 3 is 2.62 bits per heavy atom. The Labute approximate surface area is 125 Å². The quantitative estimate of drug-likeness (QED) is 0.759. The van der Waals surface area contributed by atoms with Gasteiger partial charge in [-0.25, -0.2) is 0 Å². The SMILES string of the molecule is CCc1nn(C)cc1CNc1ccc(OCCOC)cc1. The van der Waals surface area contributed by atoms with Crippen LogP contribution in [0.15, 0.2) is 30.5 Å². The number of aromatic nitrogens is 2. The Kier molecular flexibility index (Phi) is 5.63. The standard InChI is InChI=1S/C16H23N3O2/c1-4-16-13(12-19(2)18-16)11-17-14-5-7-15(8-6-14)21-10-9-20-3/h5-8,12,17H,4,9-11H2,1-3H3. The Hall–Kier alpha value is -2.01. The van der Waals surface area contributed by atoms with Crippen molar-refractivity contribution in [3.63, 3.8) is 0 Å². The van der Waals surface area contributed by atoms with E-state index in [1.807, 2.05) is 36.0 Å². The third-order valence-corrected chi connectivity index (χ3v) is 3.22. The van der Waals surface area contributed by atoms with E-state index in [1.54, 1.807) is 7.11 Å². The van der Waals surface area contributed by atoms with Gasteiger partial charge in [-0.3, -0.25) is 4.68 Å². The van der Waals surface area contributed by atoms with E-state index in [0.717, 1.165) is 30.1 Å². The predicted octanol–water partition coefficient (Wildman–Crippen LogP) is 2.62. The summed E-state index contributed by atoms with van der Waals surface area (Å²) < 4.78 is 12.4. The van der Waals surface area contributed by atoms with Crippen LogP contribution in [-0.2, 0) is 24.8 Å². The van der Waals surface area contributed by atoms with Crippen LogP contribution < -0.4 is 10.1 Å². The van der Waals surface area contributed by atoms with Crippen molar-refractivity contribution in [2.45, 2.75) is 19.9 Å². The first-order chi connectivity index (χ1) is 10.2. The monoisotopic (exact) mass is 289 g/mol. The number of nitrogens with one attached hydrogen (secondary N) is 1. The van der Waals surface area contributed by atoms with Crippen LogP contribution in [0.1, 0.15) is 18.2 Å². The van der Waals surface area contributed by atoms with Gasteiger partial charge in [0.05, 0.1) is 12.3 Å². The second-order valence-electron chi connectivity index (χ2n) is 4.85. The van der Waals surface area contributed by atoms with Crippen LogP contribution >= 0.6 is 0 Å². The molecule has 21 heavy (non-hydrogen) atoms. The average molecular weight is 289 g/mol. The van der Waals surface area contributed by atoms with Crippen molar-refractivity contribution >= 4 is 5.69 Å². The van der Waals surface area contributed by atoms with Crippen LogP contribution in [0.4, 0.5) is 5.69 Å². The fourth-order valence-electron chi connectivity index (χ4n) is 2.14. The van der Waals surface area contributed by atoms with Gasteiger partial charge in [-0.1, -0.05) is 6.92 Å². The zero-order valence-corrected chi connectivity index (χ0v) is 12.9. The summed E-state index contributed by atoms with van der Waals surface area (Å²) in [5.74, 6) is 0.855. The first kappa shape index (κ1) is 15.4. The molecule has 0 aliphatic rings.